The van der Waals surface area contributed by atoms with Gasteiger partial charge in [0.15, 0.2) is 0 Å². The molecule has 1 aliphatic heterocycles. The number of rotatable bonds is 7. The highest BCUT2D eigenvalue weighted by Crippen LogP contribution is 2.11. The van der Waals surface area contributed by atoms with E-state index in [0.29, 0.717) is 19.0 Å². The normalized spacial score (nSPS) is 19.6. The van der Waals surface area contributed by atoms with Gasteiger partial charge in [0.2, 0.25) is 5.91 Å². The molecule has 0 radical (unpaired) electrons. The van der Waals surface area contributed by atoms with Crippen molar-refractivity contribution >= 4 is 11.9 Å². The van der Waals surface area contributed by atoms with Gasteiger partial charge in [0.05, 0.1) is 6.54 Å². The number of carboxylic acids is 1. The van der Waals surface area contributed by atoms with Crippen molar-refractivity contribution in [3.8, 4) is 0 Å². The molecule has 4 N–H and O–H groups in total. The number of primary amides is 1. The molecular formula is C12H23N3O3. The minimum absolute atomic E-state index is 0.203. The van der Waals surface area contributed by atoms with Crippen molar-refractivity contribution in [2.75, 3.05) is 19.6 Å². The zero-order chi connectivity index (χ0) is 13.5. The van der Waals surface area contributed by atoms with E-state index in [0.717, 1.165) is 25.9 Å². The third-order valence-corrected chi connectivity index (χ3v) is 3.28. The lowest BCUT2D eigenvalue weighted by atomic mass is 10.0. The maximum atomic E-state index is 10.8. The molecular weight excluding hydrogens is 234 g/mol. The van der Waals surface area contributed by atoms with Crippen LogP contribution in [0.2, 0.25) is 0 Å². The number of piperidine rings is 1. The van der Waals surface area contributed by atoms with E-state index in [9.17, 15) is 9.59 Å². The Morgan fingerprint density at radius 1 is 1.44 bits per heavy atom. The first-order chi connectivity index (χ1) is 8.47. The third-order valence-electron chi connectivity index (χ3n) is 3.28. The number of aliphatic carboxylic acids is 1. The lowest BCUT2D eigenvalue weighted by molar-refractivity contribution is -0.137. The summed E-state index contributed by atoms with van der Waals surface area (Å²) >= 11 is 0. The Labute approximate surface area is 108 Å². The molecule has 1 fully saturated rings. The number of nitrogens with one attached hydrogen (secondary N) is 1. The summed E-state index contributed by atoms with van der Waals surface area (Å²) < 4.78 is 0. The number of amides is 1. The number of likely N-dealkylation sites (tertiary alicyclic amines) is 1. The second kappa shape index (κ2) is 7.33. The smallest absolute Gasteiger partial charge is 0.303 e. The van der Waals surface area contributed by atoms with Crippen LogP contribution < -0.4 is 11.1 Å². The zero-order valence-electron chi connectivity index (χ0n) is 10.9. The Kier molecular flexibility index (Phi) is 6.07. The molecule has 0 aliphatic carbocycles. The molecule has 18 heavy (non-hydrogen) atoms. The zero-order valence-corrected chi connectivity index (χ0v) is 10.9. The summed E-state index contributed by atoms with van der Waals surface area (Å²) in [5.41, 5.74) is 5.15. The minimum atomic E-state index is -0.750. The molecule has 0 aromatic heterocycles. The lowest BCUT2D eigenvalue weighted by Crippen LogP contribution is -2.47. The molecule has 1 atom stereocenters. The van der Waals surface area contributed by atoms with E-state index in [2.05, 4.69) is 10.2 Å². The fourth-order valence-electron chi connectivity index (χ4n) is 2.30. The van der Waals surface area contributed by atoms with Gasteiger partial charge >= 0.3 is 5.97 Å². The number of nitrogens with two attached hydrogens (primary N) is 1. The van der Waals surface area contributed by atoms with Gasteiger partial charge in [-0.25, -0.2) is 0 Å². The average Bonchev–Trinajstić information content (AvgIpc) is 2.28. The van der Waals surface area contributed by atoms with Crippen LogP contribution in [0.3, 0.4) is 0 Å². The van der Waals surface area contributed by atoms with E-state index in [1.807, 2.05) is 6.92 Å². The Bertz CT molecular complexity index is 288. The molecule has 104 valence electrons. The van der Waals surface area contributed by atoms with E-state index in [4.69, 9.17) is 10.8 Å². The summed E-state index contributed by atoms with van der Waals surface area (Å²) in [6.07, 6.45) is 2.81. The number of carbonyl (C=O) groups excluding carboxylic acids is 1. The SMILES string of the molecule is CC(CCC(=O)O)NC1CCN(CC(N)=O)CC1. The maximum Gasteiger partial charge on any atom is 0.303 e. The highest BCUT2D eigenvalue weighted by Gasteiger charge is 2.21. The first-order valence-electron chi connectivity index (χ1n) is 6.46. The van der Waals surface area contributed by atoms with Crippen molar-refractivity contribution in [2.24, 2.45) is 5.73 Å². The van der Waals surface area contributed by atoms with E-state index in [-0.39, 0.29) is 18.4 Å². The fraction of sp³-hybridized carbons (Fsp3) is 0.833. The van der Waals surface area contributed by atoms with Gasteiger partial charge in [-0.05, 0) is 26.2 Å². The monoisotopic (exact) mass is 257 g/mol. The summed E-state index contributed by atoms with van der Waals surface area (Å²) in [6, 6.07) is 0.631. The van der Waals surface area contributed by atoms with Crippen molar-refractivity contribution < 1.29 is 14.7 Å². The lowest BCUT2D eigenvalue weighted by Gasteiger charge is -2.33. The van der Waals surface area contributed by atoms with Gasteiger partial charge in [-0.3, -0.25) is 14.5 Å². The van der Waals surface area contributed by atoms with E-state index in [1.54, 1.807) is 0 Å². The highest BCUT2D eigenvalue weighted by atomic mass is 16.4. The Morgan fingerprint density at radius 3 is 2.56 bits per heavy atom. The first kappa shape index (κ1) is 14.9. The van der Waals surface area contributed by atoms with Gasteiger partial charge in [0, 0.05) is 31.6 Å². The van der Waals surface area contributed by atoms with Crippen LogP contribution in [0.5, 0.6) is 0 Å². The molecule has 0 aromatic carbocycles. The number of nitrogens with zero attached hydrogens (tertiary/aromatic N) is 1. The fourth-order valence-corrected chi connectivity index (χ4v) is 2.30. The molecule has 6 nitrogen and oxygen atoms in total. The van der Waals surface area contributed by atoms with E-state index in [1.165, 1.54) is 0 Å². The third kappa shape index (κ3) is 5.97. The van der Waals surface area contributed by atoms with Crippen molar-refractivity contribution in [1.82, 2.24) is 10.2 Å². The van der Waals surface area contributed by atoms with Gasteiger partial charge in [0.25, 0.3) is 0 Å². The predicted octanol–water partition coefficient (Wildman–Crippen LogP) is -0.221. The van der Waals surface area contributed by atoms with Crippen molar-refractivity contribution in [1.29, 1.82) is 0 Å². The topological polar surface area (TPSA) is 95.7 Å². The molecule has 0 aromatic rings. The Balaban J connectivity index is 2.18. The van der Waals surface area contributed by atoms with E-state index < -0.39 is 5.97 Å². The van der Waals surface area contributed by atoms with Gasteiger partial charge in [0.1, 0.15) is 0 Å². The van der Waals surface area contributed by atoms with Crippen LogP contribution in [-0.2, 0) is 9.59 Å². The molecule has 1 heterocycles. The number of hydrogen-bond acceptors (Lipinski definition) is 4. The van der Waals surface area contributed by atoms with Crippen LogP contribution in [-0.4, -0.2) is 53.6 Å². The molecule has 1 saturated heterocycles. The minimum Gasteiger partial charge on any atom is -0.481 e. The molecule has 1 rings (SSSR count). The summed E-state index contributed by atoms with van der Waals surface area (Å²) in [5.74, 6) is -1.03. The Morgan fingerprint density at radius 2 is 2.06 bits per heavy atom. The number of hydrogen-bond donors (Lipinski definition) is 3. The van der Waals surface area contributed by atoms with Gasteiger partial charge in [-0.1, -0.05) is 0 Å². The summed E-state index contributed by atoms with van der Waals surface area (Å²) in [6.45, 7) is 4.08. The second-order valence-corrected chi connectivity index (χ2v) is 5.02. The summed E-state index contributed by atoms with van der Waals surface area (Å²) in [7, 11) is 0. The van der Waals surface area contributed by atoms with Gasteiger partial charge < -0.3 is 16.2 Å². The van der Waals surface area contributed by atoms with Crippen LogP contribution in [0.4, 0.5) is 0 Å². The van der Waals surface area contributed by atoms with Crippen LogP contribution >= 0.6 is 0 Å². The highest BCUT2D eigenvalue weighted by molar-refractivity contribution is 5.75. The standard InChI is InChI=1S/C12H23N3O3/c1-9(2-3-12(17)18)14-10-4-6-15(7-5-10)8-11(13)16/h9-10,14H,2-8H2,1H3,(H2,13,16)(H,17,18). The van der Waals surface area contributed by atoms with Gasteiger partial charge in [-0.15, -0.1) is 0 Å². The largest absolute Gasteiger partial charge is 0.481 e. The average molecular weight is 257 g/mol. The first-order valence-corrected chi connectivity index (χ1v) is 6.46. The van der Waals surface area contributed by atoms with Gasteiger partial charge in [-0.2, -0.15) is 0 Å². The summed E-state index contributed by atoms with van der Waals surface area (Å²) in [5, 5.41) is 12.1. The number of carboxylic acid groups (broad SMARTS) is 1. The summed E-state index contributed by atoms with van der Waals surface area (Å²) in [4.78, 5) is 23.3. The van der Waals surface area contributed by atoms with Crippen molar-refractivity contribution in [3.63, 3.8) is 0 Å². The Hall–Kier alpha value is -1.14. The van der Waals surface area contributed by atoms with Crippen LogP contribution in [0.25, 0.3) is 0 Å². The quantitative estimate of drug-likeness (QED) is 0.586. The van der Waals surface area contributed by atoms with Crippen molar-refractivity contribution in [3.05, 3.63) is 0 Å². The molecule has 0 bridgehead atoms. The molecule has 0 spiro atoms. The van der Waals surface area contributed by atoms with Crippen LogP contribution in [0.1, 0.15) is 32.6 Å². The van der Waals surface area contributed by atoms with Crippen molar-refractivity contribution in [2.45, 2.75) is 44.7 Å². The molecule has 1 amide bonds. The second-order valence-electron chi connectivity index (χ2n) is 5.02. The predicted molar refractivity (Wildman–Crippen MR) is 68.1 cm³/mol. The number of carbonyl (C=O) groups is 2. The van der Waals surface area contributed by atoms with Crippen LogP contribution in [0.15, 0.2) is 0 Å². The van der Waals surface area contributed by atoms with E-state index >= 15 is 0 Å². The van der Waals surface area contributed by atoms with Crippen LogP contribution in [0, 0.1) is 0 Å². The molecule has 0 saturated carbocycles. The maximum absolute atomic E-state index is 10.8. The molecule has 6 heteroatoms. The molecule has 1 aliphatic rings. The molecule has 1 unspecified atom stereocenters.